The molecule has 3 heterocycles. The van der Waals surface area contributed by atoms with E-state index in [4.69, 9.17) is 0 Å². The fourth-order valence-corrected chi connectivity index (χ4v) is 5.60. The van der Waals surface area contributed by atoms with Crippen molar-refractivity contribution >= 4 is 40.0 Å². The molecule has 3 aromatic carbocycles. The zero-order chi connectivity index (χ0) is 23.6. The standard InChI is InChI=1S/C25H18FN5O3/c26-16-6-8-17(9-7-16)28-23(32)21-12-29-13-22-24(33)30(25(34)31(21,22)14-29)20-10-5-15(11-27)18-3-1-2-4-19(18)20/h1-10,21-22H,12-14H2/p+1. The smallest absolute Gasteiger partial charge is 0.321 e. The van der Waals surface area contributed by atoms with Crippen LogP contribution in [0.15, 0.2) is 60.7 Å². The van der Waals surface area contributed by atoms with Crippen LogP contribution < -0.4 is 10.2 Å². The number of nitrogens with zero attached hydrogens (tertiary/aromatic N) is 4. The lowest BCUT2D eigenvalue weighted by Crippen LogP contribution is -2.63. The first-order valence-corrected chi connectivity index (χ1v) is 10.9. The molecule has 4 unspecified atom stereocenters. The van der Waals surface area contributed by atoms with Crippen LogP contribution in [0, 0.1) is 17.1 Å². The molecule has 3 aliphatic heterocycles. The molecule has 0 aliphatic carbocycles. The SMILES string of the molecule is N#Cc1ccc(N2C(=O)C3CN4CC(C(=O)Nc5ccc(F)cc5)[N+]3(C4)C2=O)c2ccccc12. The van der Waals surface area contributed by atoms with Gasteiger partial charge >= 0.3 is 6.03 Å². The molecule has 1 N–H and O–H groups in total. The van der Waals surface area contributed by atoms with E-state index in [1.54, 1.807) is 36.4 Å². The van der Waals surface area contributed by atoms with Gasteiger partial charge in [-0.1, -0.05) is 24.3 Å². The average molecular weight is 456 g/mol. The minimum absolute atomic E-state index is 0.278. The van der Waals surface area contributed by atoms with Gasteiger partial charge in [0.15, 0.2) is 12.1 Å². The van der Waals surface area contributed by atoms with E-state index in [1.807, 2.05) is 4.90 Å². The molecule has 6 rings (SSSR count). The summed E-state index contributed by atoms with van der Waals surface area (Å²) in [7, 11) is 0. The molecule has 8 nitrogen and oxygen atoms in total. The van der Waals surface area contributed by atoms with Crippen molar-refractivity contribution in [3.05, 3.63) is 72.0 Å². The molecular weight excluding hydrogens is 437 g/mol. The summed E-state index contributed by atoms with van der Waals surface area (Å²) in [5.41, 5.74) is 1.30. The molecule has 3 saturated heterocycles. The molecule has 4 atom stereocenters. The van der Waals surface area contributed by atoms with Gasteiger partial charge in [-0.2, -0.15) is 10.2 Å². The van der Waals surface area contributed by atoms with Crippen LogP contribution in [0.2, 0.25) is 0 Å². The number of quaternary nitrogens is 1. The number of benzene rings is 3. The van der Waals surface area contributed by atoms with Gasteiger partial charge in [0.1, 0.15) is 12.5 Å². The lowest BCUT2D eigenvalue weighted by Gasteiger charge is -2.32. The van der Waals surface area contributed by atoms with E-state index in [9.17, 15) is 24.0 Å². The van der Waals surface area contributed by atoms with Crippen LogP contribution in [-0.4, -0.2) is 59.1 Å². The Balaban J connectivity index is 1.40. The van der Waals surface area contributed by atoms with E-state index in [0.29, 0.717) is 40.8 Å². The second-order valence-electron chi connectivity index (χ2n) is 8.88. The number of hydrogen-bond acceptors (Lipinski definition) is 5. The van der Waals surface area contributed by atoms with Gasteiger partial charge in [0.25, 0.3) is 11.8 Å². The average Bonchev–Trinajstić information content (AvgIpc) is 3.48. The summed E-state index contributed by atoms with van der Waals surface area (Å²) in [5.74, 6) is -1.14. The number of carbonyl (C=O) groups excluding carboxylic acids is 3. The number of carbonyl (C=O) groups is 3. The molecule has 9 heteroatoms. The van der Waals surface area contributed by atoms with E-state index in [1.165, 1.54) is 29.2 Å². The molecule has 2 bridgehead atoms. The summed E-state index contributed by atoms with van der Waals surface area (Å²) in [5, 5.41) is 13.5. The molecule has 3 aromatic rings. The van der Waals surface area contributed by atoms with Crippen molar-refractivity contribution in [2.24, 2.45) is 0 Å². The van der Waals surface area contributed by atoms with Crippen LogP contribution in [0.4, 0.5) is 20.6 Å². The number of nitriles is 1. The minimum Gasteiger partial charge on any atom is -0.321 e. The maximum absolute atomic E-state index is 13.9. The van der Waals surface area contributed by atoms with Crippen LogP contribution in [0.3, 0.4) is 0 Å². The van der Waals surface area contributed by atoms with Crippen molar-refractivity contribution < 1.29 is 23.3 Å². The molecular formula is C25H19FN5O3+. The summed E-state index contributed by atoms with van der Waals surface area (Å²) >= 11 is 0. The number of rotatable bonds is 3. The van der Waals surface area contributed by atoms with E-state index in [0.717, 1.165) is 0 Å². The number of fused-ring (bicyclic) bond motifs is 2. The van der Waals surface area contributed by atoms with Crippen molar-refractivity contribution in [2.45, 2.75) is 12.1 Å². The number of anilines is 2. The Bertz CT molecular complexity index is 1430. The summed E-state index contributed by atoms with van der Waals surface area (Å²) in [6.45, 7) is 1.03. The third kappa shape index (κ3) is 2.67. The molecule has 3 fully saturated rings. The number of hydrogen-bond donors (Lipinski definition) is 1. The van der Waals surface area contributed by atoms with Gasteiger partial charge in [0, 0.05) is 16.5 Å². The molecule has 0 aromatic heterocycles. The van der Waals surface area contributed by atoms with Crippen molar-refractivity contribution in [3.63, 3.8) is 0 Å². The number of halogens is 1. The van der Waals surface area contributed by atoms with Crippen molar-refractivity contribution in [3.8, 4) is 6.07 Å². The second kappa shape index (κ2) is 7.18. The minimum atomic E-state index is -0.769. The summed E-state index contributed by atoms with van der Waals surface area (Å²) < 4.78 is 13.0. The highest BCUT2D eigenvalue weighted by Gasteiger charge is 2.73. The number of urea groups is 1. The van der Waals surface area contributed by atoms with E-state index >= 15 is 0 Å². The first-order valence-electron chi connectivity index (χ1n) is 10.9. The molecule has 1 spiro atoms. The van der Waals surface area contributed by atoms with Crippen LogP contribution in [-0.2, 0) is 9.59 Å². The van der Waals surface area contributed by atoms with Gasteiger partial charge in [-0.05, 0) is 36.4 Å². The topological polar surface area (TPSA) is 93.5 Å². The highest BCUT2D eigenvalue weighted by molar-refractivity contribution is 6.22. The fourth-order valence-electron chi connectivity index (χ4n) is 5.60. The zero-order valence-electron chi connectivity index (χ0n) is 17.9. The van der Waals surface area contributed by atoms with Gasteiger partial charge in [0.2, 0.25) is 0 Å². The number of imide groups is 1. The van der Waals surface area contributed by atoms with Crippen molar-refractivity contribution in [2.75, 3.05) is 30.0 Å². The van der Waals surface area contributed by atoms with Crippen LogP contribution in [0.1, 0.15) is 5.56 Å². The van der Waals surface area contributed by atoms with Gasteiger partial charge in [0.05, 0.1) is 30.4 Å². The van der Waals surface area contributed by atoms with E-state index < -0.39 is 23.9 Å². The second-order valence-corrected chi connectivity index (χ2v) is 8.88. The lowest BCUT2D eigenvalue weighted by molar-refractivity contribution is -0.852. The van der Waals surface area contributed by atoms with Gasteiger partial charge in [-0.15, -0.1) is 0 Å². The molecule has 168 valence electrons. The maximum Gasteiger partial charge on any atom is 0.433 e. The predicted molar refractivity (Wildman–Crippen MR) is 121 cm³/mol. The highest BCUT2D eigenvalue weighted by Crippen LogP contribution is 2.45. The quantitative estimate of drug-likeness (QED) is 0.483. The largest absolute Gasteiger partial charge is 0.433 e. The molecule has 0 saturated carbocycles. The summed E-state index contributed by atoms with van der Waals surface area (Å²) in [4.78, 5) is 43.9. The first kappa shape index (κ1) is 20.5. The molecule has 4 amide bonds. The van der Waals surface area contributed by atoms with Gasteiger partial charge < -0.3 is 5.32 Å². The third-order valence-corrected chi connectivity index (χ3v) is 7.14. The fraction of sp³-hybridized carbons (Fsp3) is 0.200. The van der Waals surface area contributed by atoms with Crippen LogP contribution >= 0.6 is 0 Å². The van der Waals surface area contributed by atoms with Crippen LogP contribution in [0.25, 0.3) is 10.8 Å². The number of nitrogens with one attached hydrogen (secondary N) is 1. The Kier molecular flexibility index (Phi) is 4.33. The Morgan fingerprint density at radius 3 is 2.50 bits per heavy atom. The van der Waals surface area contributed by atoms with Crippen molar-refractivity contribution in [1.82, 2.24) is 4.90 Å². The zero-order valence-corrected chi connectivity index (χ0v) is 17.9. The number of amides is 4. The van der Waals surface area contributed by atoms with Gasteiger partial charge in [-0.25, -0.2) is 18.6 Å². The Labute approximate surface area is 194 Å². The third-order valence-electron chi connectivity index (χ3n) is 7.14. The molecule has 3 aliphatic rings. The monoisotopic (exact) mass is 456 g/mol. The Morgan fingerprint density at radius 2 is 1.76 bits per heavy atom. The van der Waals surface area contributed by atoms with E-state index in [-0.39, 0.29) is 23.0 Å². The predicted octanol–water partition coefficient (Wildman–Crippen LogP) is 2.80. The number of piperazine rings is 1. The summed E-state index contributed by atoms with van der Waals surface area (Å²) in [6.07, 6.45) is 0. The molecule has 34 heavy (non-hydrogen) atoms. The van der Waals surface area contributed by atoms with E-state index in [2.05, 4.69) is 11.4 Å². The summed E-state index contributed by atoms with van der Waals surface area (Å²) in [6, 6.07) is 16.1. The van der Waals surface area contributed by atoms with Gasteiger partial charge in [-0.3, -0.25) is 9.59 Å². The molecule has 0 radical (unpaired) electrons. The van der Waals surface area contributed by atoms with Crippen LogP contribution in [0.5, 0.6) is 0 Å². The maximum atomic E-state index is 13.9. The Morgan fingerprint density at radius 1 is 1.03 bits per heavy atom. The Hall–Kier alpha value is -4.13. The van der Waals surface area contributed by atoms with Crippen molar-refractivity contribution in [1.29, 1.82) is 5.26 Å². The normalized spacial score (nSPS) is 27.2. The highest BCUT2D eigenvalue weighted by atomic mass is 19.1. The lowest BCUT2D eigenvalue weighted by atomic mass is 10.0. The first-order chi connectivity index (χ1) is 16.4.